The maximum atomic E-state index is 12.9. The molecule has 0 aliphatic rings. The number of anilines is 2. The van der Waals surface area contributed by atoms with Crippen molar-refractivity contribution in [1.29, 1.82) is 0 Å². The Balaban J connectivity index is 0.904. The van der Waals surface area contributed by atoms with Crippen molar-refractivity contribution in [2.45, 2.75) is 26.3 Å². The lowest BCUT2D eigenvalue weighted by Gasteiger charge is -2.10. The van der Waals surface area contributed by atoms with Gasteiger partial charge in [0.05, 0.1) is 23.4 Å². The molecule has 0 unspecified atom stereocenters. The van der Waals surface area contributed by atoms with Gasteiger partial charge in [0.2, 0.25) is 0 Å². The monoisotopic (exact) mass is 745 g/mol. The number of hydrogen-bond donors (Lipinski definition) is 5. The fraction of sp³-hybridized carbons (Fsp3) is 0.184. The van der Waals surface area contributed by atoms with Gasteiger partial charge in [-0.2, -0.15) is 9.97 Å². The Kier molecular flexibility index (Phi) is 10.4. The number of benzene rings is 4. The Morgan fingerprint density at radius 1 is 0.887 bits per heavy atom. The summed E-state index contributed by atoms with van der Waals surface area (Å²) < 4.78 is 7.90. The zero-order valence-electron chi connectivity index (χ0n) is 28.6. The van der Waals surface area contributed by atoms with E-state index in [0.717, 1.165) is 39.4 Å². The highest BCUT2D eigenvalue weighted by Gasteiger charge is 2.16. The highest BCUT2D eigenvalue weighted by atomic mass is 32.1. The minimum absolute atomic E-state index is 0.134. The summed E-state index contributed by atoms with van der Waals surface area (Å²) >= 11 is 6.89. The molecular formula is C38H35N9O4S2. The molecule has 3 heterocycles. The summed E-state index contributed by atoms with van der Waals surface area (Å²) in [7, 11) is 0. The summed E-state index contributed by atoms with van der Waals surface area (Å²) in [5.41, 5.74) is 9.81. The number of hydrogen-bond acceptors (Lipinski definition) is 10. The van der Waals surface area contributed by atoms with Crippen molar-refractivity contribution in [3.63, 3.8) is 0 Å². The van der Waals surface area contributed by atoms with Gasteiger partial charge in [0.25, 0.3) is 11.8 Å². The summed E-state index contributed by atoms with van der Waals surface area (Å²) in [4.78, 5) is 55.0. The molecule has 268 valence electrons. The Morgan fingerprint density at radius 2 is 1.62 bits per heavy atom. The molecule has 0 atom stereocenters. The molecule has 15 heteroatoms. The number of nitrogens with zero attached hydrogens (tertiary/aromatic N) is 4. The third-order valence-electron chi connectivity index (χ3n) is 8.49. The highest BCUT2D eigenvalue weighted by molar-refractivity contribution is 7.80. The molecule has 4 aromatic carbocycles. The number of fused-ring (bicyclic) bond motifs is 3. The van der Waals surface area contributed by atoms with E-state index in [1.807, 2.05) is 60.7 Å². The van der Waals surface area contributed by atoms with Crippen LogP contribution in [0.5, 0.6) is 6.01 Å². The van der Waals surface area contributed by atoms with E-state index in [9.17, 15) is 14.4 Å². The summed E-state index contributed by atoms with van der Waals surface area (Å²) in [6.07, 6.45) is 1.81. The van der Waals surface area contributed by atoms with Gasteiger partial charge in [-0.25, -0.2) is 9.78 Å². The number of nitrogens with two attached hydrogens (primary N) is 1. The van der Waals surface area contributed by atoms with Crippen molar-refractivity contribution < 1.29 is 14.3 Å². The van der Waals surface area contributed by atoms with Crippen molar-refractivity contribution in [3.05, 3.63) is 118 Å². The standard InChI is InChI=1S/C38H35N9O4S2/c1-2-3-18-51-36-44-31(39)30-32(45-36)47(38(50)43-30)21-22-8-10-24(11-9-22)35(52)41-17-16-40-33(48)27-14-15-28-29(20-27)53-37(42-28)46-34(49)26-13-12-23-6-4-5-7-25(23)19-26/h4-15,19-20H,2-3,16-18,21H2,1H3,(H,40,48)(H,41,52)(H,43,50)(H2,39,44,45)(H,42,46,49). The quantitative estimate of drug-likeness (QED) is 0.0732. The fourth-order valence-corrected chi connectivity index (χ4v) is 6.81. The van der Waals surface area contributed by atoms with E-state index in [-0.39, 0.29) is 35.9 Å². The zero-order valence-corrected chi connectivity index (χ0v) is 30.3. The highest BCUT2D eigenvalue weighted by Crippen LogP contribution is 2.28. The SMILES string of the molecule is CCCCOc1nc(N)c2[nH]c(=O)n(Cc3ccc(C(=S)NCCNC(=O)c4ccc5nc(NC(=O)c6ccc7ccccc7c6)sc5c4)cc3)c2n1. The van der Waals surface area contributed by atoms with Crippen LogP contribution in [0.15, 0.2) is 89.7 Å². The minimum atomic E-state index is -0.354. The van der Waals surface area contributed by atoms with Gasteiger partial charge in [-0.3, -0.25) is 19.5 Å². The first kappa shape index (κ1) is 35.2. The Bertz CT molecular complexity index is 2540. The molecule has 7 aromatic rings. The summed E-state index contributed by atoms with van der Waals surface area (Å²) in [5.74, 6) is -0.339. The van der Waals surface area contributed by atoms with Gasteiger partial charge in [-0.05, 0) is 53.1 Å². The van der Waals surface area contributed by atoms with Gasteiger partial charge >= 0.3 is 11.7 Å². The van der Waals surface area contributed by atoms with E-state index < -0.39 is 0 Å². The molecule has 0 saturated carbocycles. The number of thiazole rings is 1. The first-order valence-corrected chi connectivity index (χ1v) is 18.2. The number of aromatic amines is 1. The van der Waals surface area contributed by atoms with Crippen LogP contribution in [0.4, 0.5) is 10.9 Å². The number of nitrogens with one attached hydrogen (secondary N) is 4. The van der Waals surface area contributed by atoms with E-state index >= 15 is 0 Å². The molecule has 0 aliphatic heterocycles. The number of nitrogen functional groups attached to an aromatic ring is 1. The third-order valence-corrected chi connectivity index (χ3v) is 9.81. The molecule has 0 bridgehead atoms. The van der Waals surface area contributed by atoms with Crippen LogP contribution in [0.3, 0.4) is 0 Å². The predicted molar refractivity (Wildman–Crippen MR) is 212 cm³/mol. The normalized spacial score (nSPS) is 11.2. The Labute approximate surface area is 312 Å². The van der Waals surface area contributed by atoms with Crippen LogP contribution in [0.25, 0.3) is 32.2 Å². The number of carbonyl (C=O) groups excluding carboxylic acids is 2. The summed E-state index contributed by atoms with van der Waals surface area (Å²) in [6.45, 7) is 3.52. The predicted octanol–water partition coefficient (Wildman–Crippen LogP) is 5.64. The molecule has 6 N–H and O–H groups in total. The van der Waals surface area contributed by atoms with Crippen LogP contribution in [0, 0.1) is 0 Å². The lowest BCUT2D eigenvalue weighted by molar-refractivity contribution is 0.0953. The maximum Gasteiger partial charge on any atom is 0.328 e. The Morgan fingerprint density at radius 3 is 2.43 bits per heavy atom. The Hall–Kier alpha value is -6.19. The van der Waals surface area contributed by atoms with Gasteiger partial charge in [-0.15, -0.1) is 0 Å². The minimum Gasteiger partial charge on any atom is -0.463 e. The number of unbranched alkanes of at least 4 members (excludes halogenated alkanes) is 1. The number of amides is 2. The number of thiocarbonyl (C=S) groups is 1. The average molecular weight is 746 g/mol. The second kappa shape index (κ2) is 15.6. The molecule has 0 fully saturated rings. The largest absolute Gasteiger partial charge is 0.463 e. The van der Waals surface area contributed by atoms with Gasteiger partial charge in [0, 0.05) is 29.8 Å². The average Bonchev–Trinajstić information content (AvgIpc) is 3.72. The first-order valence-electron chi connectivity index (χ1n) is 17.0. The van der Waals surface area contributed by atoms with E-state index in [4.69, 9.17) is 22.7 Å². The molecule has 3 aromatic heterocycles. The summed E-state index contributed by atoms with van der Waals surface area (Å²) in [6, 6.07) is 26.3. The number of rotatable bonds is 13. The van der Waals surface area contributed by atoms with Crippen LogP contribution in [-0.2, 0) is 6.54 Å². The number of carbonyl (C=O) groups is 2. The molecule has 0 aliphatic carbocycles. The van der Waals surface area contributed by atoms with Crippen molar-refractivity contribution in [3.8, 4) is 6.01 Å². The van der Waals surface area contributed by atoms with Crippen LogP contribution in [0.2, 0.25) is 0 Å². The van der Waals surface area contributed by atoms with Gasteiger partial charge in [-0.1, -0.05) is 91.5 Å². The number of H-pyrrole nitrogens is 1. The molecule has 0 spiro atoms. The van der Waals surface area contributed by atoms with E-state index in [2.05, 4.69) is 42.8 Å². The van der Waals surface area contributed by atoms with Crippen molar-refractivity contribution >= 4 is 83.5 Å². The van der Waals surface area contributed by atoms with Gasteiger partial charge in [0.1, 0.15) is 10.5 Å². The van der Waals surface area contributed by atoms with Gasteiger partial charge < -0.3 is 26.1 Å². The topological polar surface area (TPSA) is 182 Å². The summed E-state index contributed by atoms with van der Waals surface area (Å²) in [5, 5.41) is 11.5. The third kappa shape index (κ3) is 8.00. The van der Waals surface area contributed by atoms with Crippen molar-refractivity contribution in [2.24, 2.45) is 0 Å². The molecular weight excluding hydrogens is 711 g/mol. The molecule has 53 heavy (non-hydrogen) atoms. The van der Waals surface area contributed by atoms with Gasteiger partial charge in [0.15, 0.2) is 16.6 Å². The number of imidazole rings is 1. The lowest BCUT2D eigenvalue weighted by Crippen LogP contribution is -2.34. The van der Waals surface area contributed by atoms with Crippen molar-refractivity contribution in [1.82, 2.24) is 35.1 Å². The van der Waals surface area contributed by atoms with E-state index in [1.165, 1.54) is 15.9 Å². The lowest BCUT2D eigenvalue weighted by atomic mass is 10.1. The van der Waals surface area contributed by atoms with Crippen LogP contribution < -0.4 is 32.1 Å². The maximum absolute atomic E-state index is 12.9. The molecule has 13 nitrogen and oxygen atoms in total. The second-order valence-corrected chi connectivity index (χ2v) is 13.7. The van der Waals surface area contributed by atoms with Crippen LogP contribution >= 0.6 is 23.6 Å². The first-order chi connectivity index (χ1) is 25.7. The fourth-order valence-electron chi connectivity index (χ4n) is 5.67. The smallest absolute Gasteiger partial charge is 0.328 e. The zero-order chi connectivity index (χ0) is 36.9. The molecule has 7 rings (SSSR count). The van der Waals surface area contributed by atoms with Crippen LogP contribution in [0.1, 0.15) is 51.6 Å². The molecule has 2 amide bonds. The van der Waals surface area contributed by atoms with E-state index in [0.29, 0.717) is 57.6 Å². The van der Waals surface area contributed by atoms with Crippen molar-refractivity contribution in [2.75, 3.05) is 30.7 Å². The van der Waals surface area contributed by atoms with Crippen LogP contribution in [-0.4, -0.2) is 61.0 Å². The molecule has 0 saturated heterocycles. The van der Waals surface area contributed by atoms with E-state index in [1.54, 1.807) is 24.3 Å². The number of ether oxygens (including phenoxy) is 1. The molecule has 0 radical (unpaired) electrons. The number of aromatic nitrogens is 5. The second-order valence-electron chi connectivity index (χ2n) is 12.2.